The van der Waals surface area contributed by atoms with Gasteiger partial charge in [-0.15, -0.1) is 11.3 Å². The van der Waals surface area contributed by atoms with E-state index in [0.29, 0.717) is 5.52 Å². The van der Waals surface area contributed by atoms with Crippen LogP contribution in [0, 0.1) is 18.6 Å². The number of benzene rings is 2. The van der Waals surface area contributed by atoms with E-state index in [2.05, 4.69) is 9.97 Å². The molecule has 0 aliphatic rings. The molecular weight excluding hydrogens is 394 g/mol. The van der Waals surface area contributed by atoms with Crippen LogP contribution in [-0.2, 0) is 15.6 Å². The first-order chi connectivity index (χ1) is 12.8. The number of rotatable bonds is 4. The SMILES string of the molecule is Cc1ccc2sc(S(=O)(=O)Cc3coc(-c4c(F)cccc4F)n3)nc2c1. The molecule has 2 aromatic carbocycles. The Morgan fingerprint density at radius 1 is 1.11 bits per heavy atom. The minimum atomic E-state index is -3.78. The molecule has 5 nitrogen and oxygen atoms in total. The lowest BCUT2D eigenvalue weighted by molar-refractivity contribution is 0.541. The molecule has 138 valence electrons. The zero-order valence-corrected chi connectivity index (χ0v) is 15.6. The second-order valence-corrected chi connectivity index (χ2v) is 9.14. The van der Waals surface area contributed by atoms with Gasteiger partial charge in [0.15, 0.2) is 0 Å². The zero-order valence-electron chi connectivity index (χ0n) is 13.9. The summed E-state index contributed by atoms with van der Waals surface area (Å²) in [7, 11) is -3.78. The first-order valence-electron chi connectivity index (χ1n) is 7.82. The molecule has 0 atom stereocenters. The molecule has 0 amide bonds. The van der Waals surface area contributed by atoms with E-state index < -0.39 is 32.8 Å². The minimum Gasteiger partial charge on any atom is -0.444 e. The Labute approximate surface area is 157 Å². The molecule has 0 N–H and O–H groups in total. The summed E-state index contributed by atoms with van der Waals surface area (Å²) in [6.07, 6.45) is 1.08. The number of aromatic nitrogens is 2. The number of thiazole rings is 1. The van der Waals surface area contributed by atoms with E-state index >= 15 is 0 Å². The lowest BCUT2D eigenvalue weighted by atomic mass is 10.2. The Morgan fingerprint density at radius 3 is 2.59 bits per heavy atom. The smallest absolute Gasteiger partial charge is 0.232 e. The second-order valence-electron chi connectivity index (χ2n) is 5.95. The summed E-state index contributed by atoms with van der Waals surface area (Å²) in [4.78, 5) is 8.12. The number of halogens is 2. The van der Waals surface area contributed by atoms with Crippen molar-refractivity contribution in [3.63, 3.8) is 0 Å². The Bertz CT molecular complexity index is 1240. The van der Waals surface area contributed by atoms with Gasteiger partial charge in [-0.25, -0.2) is 27.2 Å². The van der Waals surface area contributed by atoms with E-state index in [1.54, 1.807) is 6.07 Å². The largest absolute Gasteiger partial charge is 0.444 e. The number of aryl methyl sites for hydroxylation is 1. The Morgan fingerprint density at radius 2 is 1.85 bits per heavy atom. The summed E-state index contributed by atoms with van der Waals surface area (Å²) in [6, 6.07) is 8.86. The molecule has 4 aromatic rings. The van der Waals surface area contributed by atoms with Gasteiger partial charge in [0.05, 0.1) is 15.9 Å². The fourth-order valence-corrected chi connectivity index (χ4v) is 5.11. The van der Waals surface area contributed by atoms with Crippen LogP contribution >= 0.6 is 11.3 Å². The van der Waals surface area contributed by atoms with Gasteiger partial charge in [-0.2, -0.15) is 0 Å². The fourth-order valence-electron chi connectivity index (χ4n) is 2.60. The van der Waals surface area contributed by atoms with Crippen LogP contribution in [0.1, 0.15) is 11.3 Å². The first-order valence-corrected chi connectivity index (χ1v) is 10.3. The highest BCUT2D eigenvalue weighted by molar-refractivity contribution is 7.92. The number of fused-ring (bicyclic) bond motifs is 1. The monoisotopic (exact) mass is 406 g/mol. The molecule has 0 saturated heterocycles. The van der Waals surface area contributed by atoms with E-state index in [1.165, 1.54) is 6.07 Å². The highest BCUT2D eigenvalue weighted by atomic mass is 32.2. The third kappa shape index (κ3) is 3.35. The molecule has 0 aliphatic carbocycles. The van der Waals surface area contributed by atoms with Gasteiger partial charge in [0, 0.05) is 0 Å². The molecule has 2 heterocycles. The van der Waals surface area contributed by atoms with Crippen molar-refractivity contribution >= 4 is 31.4 Å². The predicted octanol–water partition coefficient (Wildman–Crippen LogP) is 4.51. The molecule has 2 aromatic heterocycles. The van der Waals surface area contributed by atoms with Crippen LogP contribution in [0.25, 0.3) is 21.7 Å². The molecule has 27 heavy (non-hydrogen) atoms. The van der Waals surface area contributed by atoms with Crippen molar-refractivity contribution in [2.24, 2.45) is 0 Å². The van der Waals surface area contributed by atoms with Gasteiger partial charge in [0.1, 0.15) is 29.2 Å². The molecule has 4 rings (SSSR count). The van der Waals surface area contributed by atoms with Crippen LogP contribution in [-0.4, -0.2) is 18.4 Å². The Hall–Kier alpha value is -2.65. The third-order valence-corrected chi connectivity index (χ3v) is 7.00. The van der Waals surface area contributed by atoms with Crippen molar-refractivity contribution in [3.8, 4) is 11.5 Å². The van der Waals surface area contributed by atoms with Crippen LogP contribution < -0.4 is 0 Å². The number of nitrogens with zero attached hydrogens (tertiary/aromatic N) is 2. The molecule has 0 bridgehead atoms. The molecule has 0 radical (unpaired) electrons. The van der Waals surface area contributed by atoms with Gasteiger partial charge in [0.2, 0.25) is 20.1 Å². The highest BCUT2D eigenvalue weighted by Gasteiger charge is 2.24. The van der Waals surface area contributed by atoms with Crippen molar-refractivity contribution in [1.82, 2.24) is 9.97 Å². The maximum absolute atomic E-state index is 13.8. The molecule has 0 fully saturated rings. The van der Waals surface area contributed by atoms with Gasteiger partial charge < -0.3 is 4.42 Å². The van der Waals surface area contributed by atoms with E-state index in [9.17, 15) is 17.2 Å². The Balaban J connectivity index is 1.66. The van der Waals surface area contributed by atoms with Gasteiger partial charge in [-0.3, -0.25) is 0 Å². The van der Waals surface area contributed by atoms with Gasteiger partial charge in [-0.1, -0.05) is 12.1 Å². The average molecular weight is 406 g/mol. The fraction of sp³-hybridized carbons (Fsp3) is 0.111. The molecule has 0 spiro atoms. The topological polar surface area (TPSA) is 73.1 Å². The lowest BCUT2D eigenvalue weighted by Crippen LogP contribution is -2.05. The average Bonchev–Trinajstić information content (AvgIpc) is 3.21. The van der Waals surface area contributed by atoms with Gasteiger partial charge in [0.25, 0.3) is 0 Å². The maximum Gasteiger partial charge on any atom is 0.232 e. The van der Waals surface area contributed by atoms with E-state index in [4.69, 9.17) is 4.42 Å². The maximum atomic E-state index is 13.8. The van der Waals surface area contributed by atoms with Crippen LogP contribution in [0.2, 0.25) is 0 Å². The number of hydrogen-bond acceptors (Lipinski definition) is 6. The summed E-state index contributed by atoms with van der Waals surface area (Å²) in [5, 5.41) is 0. The Kier molecular flexibility index (Phi) is 4.27. The molecule has 0 aliphatic heterocycles. The first kappa shape index (κ1) is 17.7. The summed E-state index contributed by atoms with van der Waals surface area (Å²) in [5.74, 6) is -2.47. The normalized spacial score (nSPS) is 12.0. The van der Waals surface area contributed by atoms with Crippen molar-refractivity contribution in [1.29, 1.82) is 0 Å². The second kappa shape index (κ2) is 6.50. The van der Waals surface area contributed by atoms with E-state index in [0.717, 1.165) is 40.0 Å². The van der Waals surface area contributed by atoms with E-state index in [-0.39, 0.29) is 15.9 Å². The van der Waals surface area contributed by atoms with Gasteiger partial charge in [-0.05, 0) is 36.8 Å². The van der Waals surface area contributed by atoms with Crippen molar-refractivity contribution in [2.75, 3.05) is 0 Å². The summed E-state index contributed by atoms with van der Waals surface area (Å²) in [5.41, 5.74) is 1.19. The van der Waals surface area contributed by atoms with Crippen molar-refractivity contribution < 1.29 is 21.6 Å². The van der Waals surface area contributed by atoms with Gasteiger partial charge >= 0.3 is 0 Å². The standard InChI is InChI=1S/C18H12F2N2O3S2/c1-10-5-6-15-14(7-10)22-18(26-15)27(23,24)9-11-8-25-17(21-11)16-12(19)3-2-4-13(16)20/h2-8H,9H2,1H3. The summed E-state index contributed by atoms with van der Waals surface area (Å²) in [6.45, 7) is 1.89. The minimum absolute atomic E-state index is 0.0373. The van der Waals surface area contributed by atoms with Crippen molar-refractivity contribution in [3.05, 3.63) is 65.6 Å². The number of oxazole rings is 1. The van der Waals surface area contributed by atoms with Crippen LogP contribution in [0.4, 0.5) is 8.78 Å². The lowest BCUT2D eigenvalue weighted by Gasteiger charge is -1.99. The molecule has 9 heteroatoms. The van der Waals surface area contributed by atoms with Crippen LogP contribution in [0.15, 0.2) is 51.4 Å². The highest BCUT2D eigenvalue weighted by Crippen LogP contribution is 2.29. The zero-order chi connectivity index (χ0) is 19.2. The van der Waals surface area contributed by atoms with Crippen LogP contribution in [0.3, 0.4) is 0 Å². The molecule has 0 saturated carbocycles. The van der Waals surface area contributed by atoms with E-state index in [1.807, 2.05) is 19.1 Å². The quantitative estimate of drug-likeness (QED) is 0.499. The predicted molar refractivity (Wildman–Crippen MR) is 97.1 cm³/mol. The number of hydrogen-bond donors (Lipinski definition) is 0. The number of sulfone groups is 1. The summed E-state index contributed by atoms with van der Waals surface area (Å²) >= 11 is 1.06. The third-order valence-electron chi connectivity index (χ3n) is 3.86. The van der Waals surface area contributed by atoms with Crippen molar-refractivity contribution in [2.45, 2.75) is 17.0 Å². The van der Waals surface area contributed by atoms with Crippen LogP contribution in [0.5, 0.6) is 0 Å². The molecule has 0 unspecified atom stereocenters. The molecular formula is C18H12F2N2O3S2. The summed E-state index contributed by atoms with van der Waals surface area (Å²) < 4.78 is 58.8.